The minimum Gasteiger partial charge on any atom is -0.466 e. The van der Waals surface area contributed by atoms with E-state index in [9.17, 15) is 4.79 Å². The second-order valence-corrected chi connectivity index (χ2v) is 7.06. The van der Waals surface area contributed by atoms with Gasteiger partial charge in [0.25, 0.3) is 0 Å². The summed E-state index contributed by atoms with van der Waals surface area (Å²) in [5.74, 6) is 0.864. The standard InChI is InChI=1S/C15H22BrN3O2S.HI/c1-3-21-14(20)11-4-6-19(7-5-11)15(17-2)18-9-13-8-12(16)10-22-13;/h8,10-11H,3-7,9H2,1-2H3,(H,17,18);1H. The van der Waals surface area contributed by atoms with E-state index in [0.29, 0.717) is 6.61 Å². The lowest BCUT2D eigenvalue weighted by atomic mass is 9.97. The minimum atomic E-state index is -0.0615. The van der Waals surface area contributed by atoms with Crippen LogP contribution in [0.25, 0.3) is 0 Å². The van der Waals surface area contributed by atoms with E-state index < -0.39 is 0 Å². The fourth-order valence-electron chi connectivity index (χ4n) is 2.53. The van der Waals surface area contributed by atoms with Crippen molar-refractivity contribution in [1.82, 2.24) is 10.2 Å². The van der Waals surface area contributed by atoms with Gasteiger partial charge in [-0.25, -0.2) is 0 Å². The first kappa shape index (κ1) is 20.7. The highest BCUT2D eigenvalue weighted by Crippen LogP contribution is 2.21. The van der Waals surface area contributed by atoms with Crippen molar-refractivity contribution < 1.29 is 9.53 Å². The van der Waals surface area contributed by atoms with E-state index in [1.807, 2.05) is 6.92 Å². The van der Waals surface area contributed by atoms with E-state index in [4.69, 9.17) is 4.74 Å². The lowest BCUT2D eigenvalue weighted by Crippen LogP contribution is -2.46. The number of guanidine groups is 1. The number of nitrogens with one attached hydrogen (secondary N) is 1. The van der Waals surface area contributed by atoms with Crippen molar-refractivity contribution in [1.29, 1.82) is 0 Å². The number of aliphatic imine (C=N–C) groups is 1. The summed E-state index contributed by atoms with van der Waals surface area (Å²) in [5.41, 5.74) is 0. The average molecular weight is 516 g/mol. The second-order valence-electron chi connectivity index (χ2n) is 5.15. The Balaban J connectivity index is 0.00000264. The van der Waals surface area contributed by atoms with E-state index >= 15 is 0 Å². The first-order valence-corrected chi connectivity index (χ1v) is 9.16. The SMILES string of the molecule is CCOC(=O)C1CCN(C(=NC)NCc2cc(Br)cs2)CC1.I. The number of hydrogen-bond acceptors (Lipinski definition) is 4. The molecule has 0 radical (unpaired) electrons. The number of rotatable bonds is 4. The Morgan fingerprint density at radius 1 is 1.52 bits per heavy atom. The number of thiophene rings is 1. The topological polar surface area (TPSA) is 53.9 Å². The number of likely N-dealkylation sites (tertiary alicyclic amines) is 1. The molecular formula is C15H23BrIN3O2S. The van der Waals surface area contributed by atoms with Gasteiger partial charge < -0.3 is 15.0 Å². The Labute approximate surface area is 167 Å². The number of carbonyl (C=O) groups excluding carboxylic acids is 1. The van der Waals surface area contributed by atoms with Gasteiger partial charge in [0.05, 0.1) is 19.1 Å². The number of hydrogen-bond donors (Lipinski definition) is 1. The van der Waals surface area contributed by atoms with Gasteiger partial charge in [0.2, 0.25) is 0 Å². The van der Waals surface area contributed by atoms with E-state index in [1.54, 1.807) is 18.4 Å². The lowest BCUT2D eigenvalue weighted by Gasteiger charge is -2.33. The van der Waals surface area contributed by atoms with Crippen molar-refractivity contribution in [3.8, 4) is 0 Å². The monoisotopic (exact) mass is 515 g/mol. The molecule has 0 spiro atoms. The molecule has 2 rings (SSSR count). The van der Waals surface area contributed by atoms with E-state index in [1.165, 1.54) is 4.88 Å². The molecule has 0 amide bonds. The second kappa shape index (κ2) is 10.5. The zero-order chi connectivity index (χ0) is 15.9. The van der Waals surface area contributed by atoms with E-state index in [2.05, 4.69) is 42.6 Å². The molecule has 1 saturated heterocycles. The number of nitrogens with zero attached hydrogens (tertiary/aromatic N) is 2. The molecule has 0 aromatic carbocycles. The van der Waals surface area contributed by atoms with Crippen LogP contribution in [-0.4, -0.2) is 43.6 Å². The van der Waals surface area contributed by atoms with Crippen LogP contribution in [0.3, 0.4) is 0 Å². The Bertz CT molecular complexity index is 531. The molecule has 1 N–H and O–H groups in total. The van der Waals surface area contributed by atoms with Crippen molar-refractivity contribution in [3.63, 3.8) is 0 Å². The van der Waals surface area contributed by atoms with Gasteiger partial charge in [0.15, 0.2) is 5.96 Å². The maximum Gasteiger partial charge on any atom is 0.309 e. The van der Waals surface area contributed by atoms with Gasteiger partial charge in [0.1, 0.15) is 0 Å². The molecule has 1 aliphatic rings. The van der Waals surface area contributed by atoms with Gasteiger partial charge in [0, 0.05) is 34.9 Å². The number of carbonyl (C=O) groups is 1. The maximum absolute atomic E-state index is 11.8. The van der Waals surface area contributed by atoms with Crippen LogP contribution in [0.15, 0.2) is 20.9 Å². The lowest BCUT2D eigenvalue weighted by molar-refractivity contribution is -0.149. The fraction of sp³-hybridized carbons (Fsp3) is 0.600. The molecule has 0 bridgehead atoms. The van der Waals surface area contributed by atoms with Crippen LogP contribution in [0.2, 0.25) is 0 Å². The van der Waals surface area contributed by atoms with Crippen molar-refractivity contribution in [2.24, 2.45) is 10.9 Å². The highest BCUT2D eigenvalue weighted by atomic mass is 127. The third-order valence-corrected chi connectivity index (χ3v) is 5.37. The Morgan fingerprint density at radius 3 is 2.74 bits per heavy atom. The maximum atomic E-state index is 11.8. The number of halogens is 2. The molecule has 130 valence electrons. The normalized spacial score (nSPS) is 16.0. The van der Waals surface area contributed by atoms with Gasteiger partial charge in [-0.15, -0.1) is 35.3 Å². The average Bonchev–Trinajstić information content (AvgIpc) is 2.94. The summed E-state index contributed by atoms with van der Waals surface area (Å²) >= 11 is 5.18. The molecule has 8 heteroatoms. The van der Waals surface area contributed by atoms with Crippen molar-refractivity contribution in [2.45, 2.75) is 26.3 Å². The summed E-state index contributed by atoms with van der Waals surface area (Å²) in [7, 11) is 1.80. The highest BCUT2D eigenvalue weighted by molar-refractivity contribution is 14.0. The zero-order valence-electron chi connectivity index (χ0n) is 13.4. The molecule has 1 aliphatic heterocycles. The van der Waals surface area contributed by atoms with Gasteiger partial charge in [-0.1, -0.05) is 0 Å². The van der Waals surface area contributed by atoms with Gasteiger partial charge in [-0.3, -0.25) is 9.79 Å². The van der Waals surface area contributed by atoms with Crippen LogP contribution in [0.1, 0.15) is 24.6 Å². The highest BCUT2D eigenvalue weighted by Gasteiger charge is 2.27. The Morgan fingerprint density at radius 2 is 2.22 bits per heavy atom. The molecule has 1 aromatic heterocycles. The van der Waals surface area contributed by atoms with Gasteiger partial charge >= 0.3 is 5.97 Å². The van der Waals surface area contributed by atoms with Crippen molar-refractivity contribution in [2.75, 3.05) is 26.7 Å². The van der Waals surface area contributed by atoms with Crippen molar-refractivity contribution >= 4 is 63.2 Å². The molecule has 2 heterocycles. The number of ether oxygens (including phenoxy) is 1. The third-order valence-electron chi connectivity index (χ3n) is 3.67. The first-order chi connectivity index (χ1) is 10.6. The summed E-state index contributed by atoms with van der Waals surface area (Å²) < 4.78 is 6.22. The van der Waals surface area contributed by atoms with Crippen LogP contribution in [0.4, 0.5) is 0 Å². The largest absolute Gasteiger partial charge is 0.466 e. The zero-order valence-corrected chi connectivity index (χ0v) is 18.1. The molecule has 0 unspecified atom stereocenters. The van der Waals surface area contributed by atoms with E-state index in [-0.39, 0.29) is 35.9 Å². The molecule has 1 fully saturated rings. The van der Waals surface area contributed by atoms with Crippen LogP contribution in [0.5, 0.6) is 0 Å². The third kappa shape index (κ3) is 6.22. The number of piperidine rings is 1. The molecule has 0 saturated carbocycles. The predicted molar refractivity (Wildman–Crippen MR) is 109 cm³/mol. The van der Waals surface area contributed by atoms with Crippen LogP contribution in [-0.2, 0) is 16.1 Å². The fourth-order valence-corrected chi connectivity index (χ4v) is 3.92. The summed E-state index contributed by atoms with van der Waals surface area (Å²) in [5, 5.41) is 5.46. The molecular weight excluding hydrogens is 493 g/mol. The first-order valence-electron chi connectivity index (χ1n) is 7.49. The quantitative estimate of drug-likeness (QED) is 0.289. The minimum absolute atomic E-state index is 0. The summed E-state index contributed by atoms with van der Waals surface area (Å²) in [6.07, 6.45) is 1.65. The molecule has 5 nitrogen and oxygen atoms in total. The number of esters is 1. The molecule has 0 aliphatic carbocycles. The van der Waals surface area contributed by atoms with Crippen LogP contribution < -0.4 is 5.32 Å². The van der Waals surface area contributed by atoms with Crippen LogP contribution in [0, 0.1) is 5.92 Å². The Hall–Kier alpha value is -0.350. The predicted octanol–water partition coefficient (Wildman–Crippen LogP) is 3.48. The van der Waals surface area contributed by atoms with Crippen LogP contribution >= 0.6 is 51.2 Å². The van der Waals surface area contributed by atoms with Gasteiger partial charge in [-0.2, -0.15) is 0 Å². The van der Waals surface area contributed by atoms with E-state index in [0.717, 1.165) is 42.9 Å². The molecule has 0 atom stereocenters. The van der Waals surface area contributed by atoms with Gasteiger partial charge in [-0.05, 0) is 41.8 Å². The molecule has 23 heavy (non-hydrogen) atoms. The molecule has 1 aromatic rings. The smallest absolute Gasteiger partial charge is 0.309 e. The summed E-state index contributed by atoms with van der Waals surface area (Å²) in [6.45, 7) is 4.73. The van der Waals surface area contributed by atoms with Crippen molar-refractivity contribution in [3.05, 3.63) is 20.8 Å². The summed E-state index contributed by atoms with van der Waals surface area (Å²) in [4.78, 5) is 19.6. The summed E-state index contributed by atoms with van der Waals surface area (Å²) in [6, 6.07) is 2.11. The Kier molecular flexibility index (Phi) is 9.45.